The van der Waals surface area contributed by atoms with Crippen molar-refractivity contribution < 1.29 is 14.1 Å². The quantitative estimate of drug-likeness (QED) is 0.563. The topological polar surface area (TPSA) is 80.5 Å². The molecule has 0 saturated carbocycles. The highest BCUT2D eigenvalue weighted by atomic mass is 35.5. The number of halogens is 2. The Balaban J connectivity index is 1.28. The molecule has 2 aromatic carbocycles. The molecule has 1 aliphatic heterocycles. The summed E-state index contributed by atoms with van der Waals surface area (Å²) in [6.45, 7) is 2.11. The number of methoxy groups -OCH3 is 1. The van der Waals surface area contributed by atoms with Gasteiger partial charge in [0.1, 0.15) is 5.75 Å². The number of carbonyl (C=O) groups excluding carboxylic acids is 1. The Bertz CT molecular complexity index is 1050. The van der Waals surface area contributed by atoms with Crippen molar-refractivity contribution in [1.29, 1.82) is 0 Å². The summed E-state index contributed by atoms with van der Waals surface area (Å²) in [5, 5.41) is 7.88. The second-order valence-corrected chi connectivity index (χ2v) is 8.22. The number of rotatable bonds is 6. The first-order valence-corrected chi connectivity index (χ1v) is 10.7. The Labute approximate surface area is 190 Å². The van der Waals surface area contributed by atoms with E-state index in [4.69, 9.17) is 32.5 Å². The average molecular weight is 461 g/mol. The van der Waals surface area contributed by atoms with Gasteiger partial charge in [0, 0.05) is 17.2 Å². The van der Waals surface area contributed by atoms with Gasteiger partial charge in [-0.05, 0) is 68.4 Å². The maximum atomic E-state index is 12.6. The number of carbonyl (C=O) groups is 1. The van der Waals surface area contributed by atoms with Gasteiger partial charge in [-0.3, -0.25) is 9.69 Å². The molecule has 31 heavy (non-hydrogen) atoms. The number of benzene rings is 2. The molecule has 1 N–H and O–H groups in total. The summed E-state index contributed by atoms with van der Waals surface area (Å²) in [7, 11) is 1.63. The maximum absolute atomic E-state index is 12.6. The number of nitrogens with one attached hydrogen (secondary N) is 1. The molecule has 0 unspecified atom stereocenters. The fourth-order valence-corrected chi connectivity index (χ4v) is 3.84. The van der Waals surface area contributed by atoms with Crippen LogP contribution in [0.5, 0.6) is 5.75 Å². The Kier molecular flexibility index (Phi) is 6.75. The molecule has 162 valence electrons. The molecular weight excluding hydrogens is 439 g/mol. The smallest absolute Gasteiger partial charge is 0.241 e. The largest absolute Gasteiger partial charge is 0.497 e. The third kappa shape index (κ3) is 5.36. The number of ether oxygens (including phenoxy) is 1. The zero-order valence-electron chi connectivity index (χ0n) is 17.0. The molecule has 4 rings (SSSR count). The number of nitrogens with zero attached hydrogens (tertiary/aromatic N) is 3. The number of aromatic nitrogens is 2. The molecule has 2 heterocycles. The molecule has 0 bridgehead atoms. The van der Waals surface area contributed by atoms with Gasteiger partial charge in [-0.25, -0.2) is 0 Å². The molecule has 0 radical (unpaired) electrons. The minimum Gasteiger partial charge on any atom is -0.497 e. The van der Waals surface area contributed by atoms with Gasteiger partial charge in [-0.15, -0.1) is 0 Å². The van der Waals surface area contributed by atoms with Crippen molar-refractivity contribution in [2.75, 3.05) is 25.5 Å². The Morgan fingerprint density at radius 3 is 2.58 bits per heavy atom. The number of piperidine rings is 1. The SMILES string of the molecule is COc1ccc(-c2noc(CN3CCC(C(=O)Nc4ccc(Cl)c(Cl)c4)CC3)n2)cc1. The van der Waals surface area contributed by atoms with E-state index in [0.717, 1.165) is 37.2 Å². The normalized spacial score (nSPS) is 15.1. The highest BCUT2D eigenvalue weighted by Crippen LogP contribution is 2.27. The number of anilines is 1. The fraction of sp³-hybridized carbons (Fsp3) is 0.318. The first-order valence-electron chi connectivity index (χ1n) is 9.97. The molecule has 0 spiro atoms. The van der Waals surface area contributed by atoms with E-state index in [-0.39, 0.29) is 11.8 Å². The lowest BCUT2D eigenvalue weighted by Gasteiger charge is -2.30. The summed E-state index contributed by atoms with van der Waals surface area (Å²) in [4.78, 5) is 19.3. The second-order valence-electron chi connectivity index (χ2n) is 7.41. The summed E-state index contributed by atoms with van der Waals surface area (Å²) in [5.41, 5.74) is 1.52. The maximum Gasteiger partial charge on any atom is 0.241 e. The summed E-state index contributed by atoms with van der Waals surface area (Å²) >= 11 is 11.9. The van der Waals surface area contributed by atoms with Crippen molar-refractivity contribution in [3.63, 3.8) is 0 Å². The van der Waals surface area contributed by atoms with Gasteiger partial charge in [0.15, 0.2) is 0 Å². The zero-order chi connectivity index (χ0) is 21.8. The Morgan fingerprint density at radius 2 is 1.90 bits per heavy atom. The molecule has 1 saturated heterocycles. The van der Waals surface area contributed by atoms with Crippen LogP contribution in [0.3, 0.4) is 0 Å². The molecule has 1 aromatic heterocycles. The van der Waals surface area contributed by atoms with Crippen molar-refractivity contribution in [3.05, 3.63) is 58.4 Å². The van der Waals surface area contributed by atoms with Gasteiger partial charge in [0.25, 0.3) is 0 Å². The van der Waals surface area contributed by atoms with Crippen LogP contribution < -0.4 is 10.1 Å². The number of amides is 1. The van der Waals surface area contributed by atoms with Crippen LogP contribution in [0.1, 0.15) is 18.7 Å². The van der Waals surface area contributed by atoms with Gasteiger partial charge < -0.3 is 14.6 Å². The van der Waals surface area contributed by atoms with Crippen LogP contribution in [-0.4, -0.2) is 41.1 Å². The van der Waals surface area contributed by atoms with Gasteiger partial charge in [0.05, 0.1) is 23.7 Å². The van der Waals surface area contributed by atoms with Crippen LogP contribution >= 0.6 is 23.2 Å². The first-order chi connectivity index (χ1) is 15.0. The van der Waals surface area contributed by atoms with E-state index in [0.29, 0.717) is 34.0 Å². The summed E-state index contributed by atoms with van der Waals surface area (Å²) in [6, 6.07) is 12.6. The lowest BCUT2D eigenvalue weighted by Crippen LogP contribution is -2.37. The molecule has 1 aliphatic rings. The van der Waals surface area contributed by atoms with Crippen molar-refractivity contribution in [3.8, 4) is 17.1 Å². The van der Waals surface area contributed by atoms with E-state index < -0.39 is 0 Å². The van der Waals surface area contributed by atoms with Crippen molar-refractivity contribution in [2.24, 2.45) is 5.92 Å². The molecule has 9 heteroatoms. The van der Waals surface area contributed by atoms with Crippen LogP contribution in [-0.2, 0) is 11.3 Å². The monoisotopic (exact) mass is 460 g/mol. The average Bonchev–Trinajstić information content (AvgIpc) is 3.25. The predicted molar refractivity (Wildman–Crippen MR) is 119 cm³/mol. The Morgan fingerprint density at radius 1 is 1.16 bits per heavy atom. The summed E-state index contributed by atoms with van der Waals surface area (Å²) in [6.07, 6.45) is 1.51. The second kappa shape index (κ2) is 9.68. The van der Waals surface area contributed by atoms with E-state index in [1.165, 1.54) is 0 Å². The van der Waals surface area contributed by atoms with Crippen molar-refractivity contribution in [1.82, 2.24) is 15.0 Å². The first kappa shape index (κ1) is 21.6. The molecule has 3 aromatic rings. The van der Waals surface area contributed by atoms with Crippen LogP contribution in [0, 0.1) is 5.92 Å². The highest BCUT2D eigenvalue weighted by molar-refractivity contribution is 6.42. The van der Waals surface area contributed by atoms with Crippen molar-refractivity contribution >= 4 is 34.8 Å². The molecule has 0 atom stereocenters. The number of hydrogen-bond acceptors (Lipinski definition) is 6. The van der Waals surface area contributed by atoms with E-state index in [2.05, 4.69) is 20.4 Å². The molecule has 0 aliphatic carbocycles. The standard InChI is InChI=1S/C22H22Cl2N4O3/c1-30-17-5-2-14(3-6-17)21-26-20(31-27-21)13-28-10-8-15(9-11-28)22(29)25-16-4-7-18(23)19(24)12-16/h2-7,12,15H,8-11,13H2,1H3,(H,25,29). The van der Waals surface area contributed by atoms with Crippen LogP contribution in [0.2, 0.25) is 10.0 Å². The van der Waals surface area contributed by atoms with Crippen LogP contribution in [0.4, 0.5) is 5.69 Å². The summed E-state index contributed by atoms with van der Waals surface area (Å²) in [5.74, 6) is 1.83. The molecule has 1 fully saturated rings. The molecule has 1 amide bonds. The zero-order valence-corrected chi connectivity index (χ0v) is 18.5. The van der Waals surface area contributed by atoms with Gasteiger partial charge in [-0.1, -0.05) is 28.4 Å². The minimum atomic E-state index is -0.0525. The number of likely N-dealkylation sites (tertiary alicyclic amines) is 1. The van der Waals surface area contributed by atoms with E-state index in [1.54, 1.807) is 25.3 Å². The lowest BCUT2D eigenvalue weighted by molar-refractivity contribution is -0.121. The van der Waals surface area contributed by atoms with E-state index in [9.17, 15) is 4.79 Å². The Hall–Kier alpha value is -2.61. The van der Waals surface area contributed by atoms with Gasteiger partial charge >= 0.3 is 0 Å². The third-order valence-corrected chi connectivity index (χ3v) is 6.06. The third-order valence-electron chi connectivity index (χ3n) is 5.32. The number of hydrogen-bond donors (Lipinski definition) is 1. The highest BCUT2D eigenvalue weighted by Gasteiger charge is 2.26. The van der Waals surface area contributed by atoms with E-state index in [1.807, 2.05) is 24.3 Å². The molecule has 7 nitrogen and oxygen atoms in total. The summed E-state index contributed by atoms with van der Waals surface area (Å²) < 4.78 is 10.6. The van der Waals surface area contributed by atoms with Gasteiger partial charge in [-0.2, -0.15) is 4.98 Å². The minimum absolute atomic E-state index is 0.00220. The lowest BCUT2D eigenvalue weighted by atomic mass is 9.96. The van der Waals surface area contributed by atoms with Crippen molar-refractivity contribution in [2.45, 2.75) is 19.4 Å². The van der Waals surface area contributed by atoms with Crippen LogP contribution in [0.15, 0.2) is 47.0 Å². The van der Waals surface area contributed by atoms with Crippen LogP contribution in [0.25, 0.3) is 11.4 Å². The fourth-order valence-electron chi connectivity index (χ4n) is 3.54. The van der Waals surface area contributed by atoms with E-state index >= 15 is 0 Å². The molecular formula is C22H22Cl2N4O3. The van der Waals surface area contributed by atoms with Gasteiger partial charge in [0.2, 0.25) is 17.6 Å². The predicted octanol–water partition coefficient (Wildman–Crippen LogP) is 4.90.